The first kappa shape index (κ1) is 44.0. The van der Waals surface area contributed by atoms with E-state index in [0.717, 1.165) is 5.56 Å². The molecular weight excluding hydrogens is 847 g/mol. The van der Waals surface area contributed by atoms with Crippen molar-refractivity contribution in [2.24, 2.45) is 0 Å². The molecule has 334 valence electrons. The molecule has 16 nitrogen and oxygen atoms in total. The Balaban J connectivity index is 0.871. The minimum atomic E-state index is -0.693. The highest BCUT2D eigenvalue weighted by Gasteiger charge is 2.39. The van der Waals surface area contributed by atoms with Crippen molar-refractivity contribution in [3.63, 3.8) is 0 Å². The molecule has 2 saturated heterocycles. The molecule has 0 saturated carbocycles. The number of anilines is 2. The number of halogens is 2. The first-order valence-corrected chi connectivity index (χ1v) is 21.7. The number of benzene rings is 4. The van der Waals surface area contributed by atoms with Crippen LogP contribution in [0.25, 0.3) is 32.8 Å². The van der Waals surface area contributed by atoms with Crippen molar-refractivity contribution in [2.45, 2.75) is 45.2 Å². The predicted octanol–water partition coefficient (Wildman–Crippen LogP) is 5.12. The molecule has 0 bridgehead atoms. The summed E-state index contributed by atoms with van der Waals surface area (Å²) in [7, 11) is 1.67. The number of hydrogen-bond acceptors (Lipinski definition) is 12. The van der Waals surface area contributed by atoms with E-state index in [-0.39, 0.29) is 104 Å². The molecule has 0 radical (unpaired) electrons. The molecule has 5 amide bonds. The molecule has 3 N–H and O–H groups in total. The van der Waals surface area contributed by atoms with Gasteiger partial charge in [-0.25, -0.2) is 9.37 Å². The molecule has 64 heavy (non-hydrogen) atoms. The lowest BCUT2D eigenvalue weighted by atomic mass is 9.96. The van der Waals surface area contributed by atoms with Crippen molar-refractivity contribution in [3.05, 3.63) is 82.6 Å². The zero-order chi connectivity index (χ0) is 45.1. The van der Waals surface area contributed by atoms with Gasteiger partial charge in [0.2, 0.25) is 29.6 Å². The van der Waals surface area contributed by atoms with E-state index in [1.165, 1.54) is 11.0 Å². The second-order valence-corrected chi connectivity index (χ2v) is 16.3. The quantitative estimate of drug-likeness (QED) is 0.0932. The number of aromatic nitrogens is 2. The number of hydrogen-bond donors (Lipinski definition) is 3. The summed E-state index contributed by atoms with van der Waals surface area (Å²) in [6, 6.07) is 16.5. The molecule has 8 rings (SSSR count). The highest BCUT2D eigenvalue weighted by Crippen LogP contribution is 2.42. The van der Waals surface area contributed by atoms with Crippen LogP contribution >= 0.6 is 11.6 Å². The number of piperazine rings is 1. The third-order valence-corrected chi connectivity index (χ3v) is 12.1. The van der Waals surface area contributed by atoms with Crippen molar-refractivity contribution in [3.8, 4) is 22.6 Å². The number of piperidine rings is 1. The van der Waals surface area contributed by atoms with Gasteiger partial charge in [-0.15, -0.1) is 0 Å². The molecule has 4 heterocycles. The zero-order valence-electron chi connectivity index (χ0n) is 35.5. The van der Waals surface area contributed by atoms with E-state index < -0.39 is 17.8 Å². The Morgan fingerprint density at radius 2 is 1.78 bits per heavy atom. The van der Waals surface area contributed by atoms with E-state index >= 15 is 4.39 Å². The van der Waals surface area contributed by atoms with Crippen molar-refractivity contribution in [1.82, 2.24) is 30.0 Å². The summed E-state index contributed by atoms with van der Waals surface area (Å²) in [5.41, 5.74) is 1.74. The van der Waals surface area contributed by atoms with Crippen LogP contribution in [0.15, 0.2) is 60.7 Å². The van der Waals surface area contributed by atoms with Gasteiger partial charge >= 0.3 is 0 Å². The molecule has 1 unspecified atom stereocenters. The number of nitrogens with zero attached hydrogens (tertiary/aromatic N) is 6. The Hall–Kier alpha value is -6.59. The Morgan fingerprint density at radius 1 is 0.984 bits per heavy atom. The minimum absolute atomic E-state index is 0.0126. The van der Waals surface area contributed by atoms with Gasteiger partial charge < -0.3 is 39.5 Å². The maximum atomic E-state index is 16.9. The van der Waals surface area contributed by atoms with Crippen molar-refractivity contribution < 1.29 is 42.9 Å². The summed E-state index contributed by atoms with van der Waals surface area (Å²) < 4.78 is 28.5. The average molecular weight is 895 g/mol. The van der Waals surface area contributed by atoms with Gasteiger partial charge in [-0.05, 0) is 64.7 Å². The number of imide groups is 1. The fourth-order valence-electron chi connectivity index (χ4n) is 8.40. The van der Waals surface area contributed by atoms with E-state index in [2.05, 4.69) is 15.6 Å². The number of amides is 5. The van der Waals surface area contributed by atoms with Crippen LogP contribution in [0, 0.1) is 5.82 Å². The van der Waals surface area contributed by atoms with Crippen LogP contribution in [0.2, 0.25) is 5.02 Å². The van der Waals surface area contributed by atoms with E-state index in [4.69, 9.17) is 26.1 Å². The molecule has 1 atom stereocenters. The molecule has 1 aromatic heterocycles. The maximum absolute atomic E-state index is 16.9. The van der Waals surface area contributed by atoms with Gasteiger partial charge in [0.1, 0.15) is 35.5 Å². The number of likely N-dealkylation sites (N-methyl/N-ethyl adjacent to an activating group) is 1. The van der Waals surface area contributed by atoms with Crippen LogP contribution in [0.1, 0.15) is 48.5 Å². The first-order valence-electron chi connectivity index (χ1n) is 21.3. The van der Waals surface area contributed by atoms with Crippen molar-refractivity contribution >= 4 is 74.6 Å². The normalized spacial score (nSPS) is 16.3. The van der Waals surface area contributed by atoms with Crippen molar-refractivity contribution in [2.75, 3.05) is 76.4 Å². The maximum Gasteiger partial charge on any atom is 0.255 e. The summed E-state index contributed by atoms with van der Waals surface area (Å²) in [6.07, 6.45) is 0.949. The lowest BCUT2D eigenvalue weighted by Gasteiger charge is -2.36. The Morgan fingerprint density at radius 3 is 2.56 bits per heavy atom. The standard InChI is InChI=1S/C46H48ClFN8O8/c1-3-38(59)54-14-16-55(17-15-54)43-34-25-35(47)40(33-24-29(57)22-27-6-4-5-7-31(27)33)41(48)42(34)51-46(52-43)49-13-12-39(60)53(2)18-19-63-20-21-64-30-8-9-32-28(23-30)26-56(45(32)62)36-10-11-37(58)50-44(36)61/h4-9,22-25,36,57H,3,10-21,26H2,1-2H3,(H,49,51,52)(H,50,58,61). The highest BCUT2D eigenvalue weighted by atomic mass is 35.5. The second kappa shape index (κ2) is 19.0. The topological polar surface area (TPSA) is 187 Å². The van der Waals surface area contributed by atoms with Gasteiger partial charge in [0.05, 0.1) is 18.2 Å². The molecule has 18 heteroatoms. The van der Waals surface area contributed by atoms with Crippen LogP contribution < -0.4 is 20.3 Å². The highest BCUT2D eigenvalue weighted by molar-refractivity contribution is 6.35. The van der Waals surface area contributed by atoms with Crippen LogP contribution in [-0.4, -0.2) is 131 Å². The summed E-state index contributed by atoms with van der Waals surface area (Å²) >= 11 is 6.87. The largest absolute Gasteiger partial charge is 0.508 e. The van der Waals surface area contributed by atoms with Crippen LogP contribution in [0.3, 0.4) is 0 Å². The number of phenolic OH excluding ortho intramolecular Hbond substituents is 1. The van der Waals surface area contributed by atoms with E-state index in [0.29, 0.717) is 78.0 Å². The number of ether oxygens (including phenoxy) is 2. The number of aromatic hydroxyl groups is 1. The summed E-state index contributed by atoms with van der Waals surface area (Å²) in [5.74, 6) is -0.799. The molecule has 5 aromatic rings. The second-order valence-electron chi connectivity index (χ2n) is 15.9. The monoisotopic (exact) mass is 894 g/mol. The Labute approximate surface area is 373 Å². The number of carbonyl (C=O) groups excluding carboxylic acids is 5. The van der Waals surface area contributed by atoms with Crippen LogP contribution in [-0.2, 0) is 30.5 Å². The van der Waals surface area contributed by atoms with Gasteiger partial charge in [-0.1, -0.05) is 42.8 Å². The fraction of sp³-hybridized carbons (Fsp3) is 0.370. The molecule has 4 aromatic carbocycles. The van der Waals surface area contributed by atoms with Gasteiger partial charge in [0.15, 0.2) is 5.82 Å². The van der Waals surface area contributed by atoms with E-state index in [1.54, 1.807) is 47.2 Å². The number of nitrogens with one attached hydrogen (secondary N) is 2. The number of carbonyl (C=O) groups is 5. The number of rotatable bonds is 15. The van der Waals surface area contributed by atoms with Gasteiger partial charge in [0.25, 0.3) is 5.91 Å². The lowest BCUT2D eigenvalue weighted by molar-refractivity contribution is -0.137. The third-order valence-electron chi connectivity index (χ3n) is 11.8. The SMILES string of the molecule is CCC(=O)N1CCN(c2nc(NCCC(=O)N(C)CCOCCOc3ccc4c(c3)CN(C3CCC(=O)NC3=O)C4=O)nc3c(F)c(-c4cc(O)cc5ccccc45)c(Cl)cc23)CC1. The van der Waals surface area contributed by atoms with Crippen LogP contribution in [0.4, 0.5) is 16.2 Å². The smallest absolute Gasteiger partial charge is 0.255 e. The van der Waals surface area contributed by atoms with Gasteiger partial charge in [-0.2, -0.15) is 4.98 Å². The summed E-state index contributed by atoms with van der Waals surface area (Å²) in [6.45, 7) is 5.11. The minimum Gasteiger partial charge on any atom is -0.508 e. The summed E-state index contributed by atoms with van der Waals surface area (Å²) in [5, 5.41) is 17.9. The summed E-state index contributed by atoms with van der Waals surface area (Å²) in [4.78, 5) is 78.7. The van der Waals surface area contributed by atoms with Crippen LogP contribution in [0.5, 0.6) is 11.5 Å². The molecule has 2 fully saturated rings. The number of phenols is 1. The average Bonchev–Trinajstić information content (AvgIpc) is 3.61. The molecule has 3 aliphatic heterocycles. The van der Waals surface area contributed by atoms with E-state index in [9.17, 15) is 29.1 Å². The Bertz CT molecular complexity index is 2660. The third kappa shape index (κ3) is 9.22. The lowest BCUT2D eigenvalue weighted by Crippen LogP contribution is -2.52. The molecular formula is C46H48ClFN8O8. The molecule has 0 spiro atoms. The van der Waals surface area contributed by atoms with Crippen molar-refractivity contribution in [1.29, 1.82) is 0 Å². The number of fused-ring (bicyclic) bond motifs is 3. The molecule has 3 aliphatic rings. The van der Waals surface area contributed by atoms with E-state index in [1.807, 2.05) is 36.1 Å². The van der Waals surface area contributed by atoms with Gasteiger partial charge in [-0.3, -0.25) is 29.3 Å². The first-order chi connectivity index (χ1) is 30.9. The zero-order valence-corrected chi connectivity index (χ0v) is 36.3. The Kier molecular flexibility index (Phi) is 13.1. The molecule has 0 aliphatic carbocycles. The predicted molar refractivity (Wildman–Crippen MR) is 238 cm³/mol. The van der Waals surface area contributed by atoms with Gasteiger partial charge in [0, 0.05) is 88.6 Å². The fourth-order valence-corrected chi connectivity index (χ4v) is 8.69.